The van der Waals surface area contributed by atoms with Crippen molar-refractivity contribution in [2.45, 2.75) is 63.4 Å². The van der Waals surface area contributed by atoms with E-state index >= 15 is 0 Å². The van der Waals surface area contributed by atoms with Gasteiger partial charge in [-0.15, -0.1) is 0 Å². The van der Waals surface area contributed by atoms with E-state index in [1.807, 2.05) is 26.0 Å². The van der Waals surface area contributed by atoms with Gasteiger partial charge in [-0.2, -0.15) is 4.31 Å². The number of pyridine rings is 2. The van der Waals surface area contributed by atoms with Crippen LogP contribution in [0.1, 0.15) is 48.2 Å². The van der Waals surface area contributed by atoms with Crippen LogP contribution in [0.5, 0.6) is 0 Å². The average molecular weight is 445 g/mol. The lowest BCUT2D eigenvalue weighted by Gasteiger charge is -2.36. The Labute approximate surface area is 183 Å². The lowest BCUT2D eigenvalue weighted by Crippen LogP contribution is -2.45. The number of aromatic nitrogens is 2. The number of carboxylic acids is 1. The number of fused-ring (bicyclic) bond motifs is 3. The second-order valence-corrected chi connectivity index (χ2v) is 10.3. The van der Waals surface area contributed by atoms with Crippen LogP contribution in [-0.4, -0.2) is 52.9 Å². The Balaban J connectivity index is 1.72. The molecule has 1 N–H and O–H groups in total. The second kappa shape index (κ2) is 8.55. The number of piperidine rings is 1. The van der Waals surface area contributed by atoms with E-state index in [0.29, 0.717) is 30.2 Å². The summed E-state index contributed by atoms with van der Waals surface area (Å²) in [6.07, 6.45) is 5.06. The highest BCUT2D eigenvalue weighted by atomic mass is 32.2. The van der Waals surface area contributed by atoms with Gasteiger partial charge in [0, 0.05) is 37.4 Å². The monoisotopic (exact) mass is 444 g/mol. The third-order valence-corrected chi connectivity index (χ3v) is 7.90. The van der Waals surface area contributed by atoms with Gasteiger partial charge in [-0.25, -0.2) is 13.4 Å². The van der Waals surface area contributed by atoms with E-state index in [2.05, 4.69) is 14.9 Å². The molecule has 1 fully saturated rings. The first kappa shape index (κ1) is 21.7. The van der Waals surface area contributed by atoms with Crippen LogP contribution in [0.3, 0.4) is 0 Å². The number of nitrogens with zero attached hydrogens (tertiary/aromatic N) is 4. The van der Waals surface area contributed by atoms with Crippen LogP contribution in [0.4, 0.5) is 5.82 Å². The third kappa shape index (κ3) is 4.43. The number of carbonyl (C=O) groups is 1. The first-order chi connectivity index (χ1) is 14.8. The average Bonchev–Trinajstić information content (AvgIpc) is 2.82. The molecule has 0 aromatic carbocycles. The molecule has 0 spiro atoms. The molecule has 0 saturated carbocycles. The summed E-state index contributed by atoms with van der Waals surface area (Å²) in [5.74, 6) is -0.325. The molecular formula is C22H28N4O4S. The van der Waals surface area contributed by atoms with E-state index in [1.54, 1.807) is 12.3 Å². The number of aryl methyl sites for hydroxylation is 3. The minimum Gasteiger partial charge on any atom is -0.481 e. The van der Waals surface area contributed by atoms with Gasteiger partial charge in [0.25, 0.3) is 0 Å². The molecule has 2 aromatic rings. The fourth-order valence-electron chi connectivity index (χ4n) is 4.35. The van der Waals surface area contributed by atoms with Crippen LogP contribution in [0.15, 0.2) is 29.3 Å². The highest BCUT2D eigenvalue weighted by Gasteiger charge is 2.39. The first-order valence-electron chi connectivity index (χ1n) is 10.7. The van der Waals surface area contributed by atoms with Crippen molar-refractivity contribution in [2.75, 3.05) is 18.0 Å². The van der Waals surface area contributed by atoms with Crippen LogP contribution >= 0.6 is 0 Å². The number of anilines is 1. The van der Waals surface area contributed by atoms with Crippen molar-refractivity contribution in [3.05, 3.63) is 46.9 Å². The van der Waals surface area contributed by atoms with Gasteiger partial charge in [0.15, 0.2) is 0 Å². The van der Waals surface area contributed by atoms with Crippen LogP contribution in [-0.2, 0) is 27.8 Å². The summed E-state index contributed by atoms with van der Waals surface area (Å²) in [5, 5.41) is 8.96. The first-order valence-corrected chi connectivity index (χ1v) is 12.1. The molecule has 31 heavy (non-hydrogen) atoms. The third-order valence-electron chi connectivity index (χ3n) is 6.08. The molecule has 2 aliphatic heterocycles. The van der Waals surface area contributed by atoms with E-state index in [1.165, 1.54) is 4.31 Å². The number of carboxylic acid groups (broad SMARTS) is 1. The Kier molecular flexibility index (Phi) is 5.98. The number of hydrogen-bond donors (Lipinski definition) is 1. The van der Waals surface area contributed by atoms with Crippen molar-refractivity contribution in [2.24, 2.45) is 0 Å². The molecule has 0 radical (unpaired) electrons. The maximum Gasteiger partial charge on any atom is 0.303 e. The molecule has 0 aliphatic carbocycles. The predicted octanol–water partition coefficient (Wildman–Crippen LogP) is 2.67. The summed E-state index contributed by atoms with van der Waals surface area (Å²) in [7, 11) is -3.76. The van der Waals surface area contributed by atoms with Crippen LogP contribution < -0.4 is 4.90 Å². The SMILES string of the molecule is Cc1cnc2c(c1)S(=O)(=O)N(Cc1nc(CCC(=O)O)ccc1C)C[C@@H]1CCCCN21. The van der Waals surface area contributed by atoms with Gasteiger partial charge in [0.1, 0.15) is 10.7 Å². The molecule has 1 atom stereocenters. The normalized spacial score (nSPS) is 20.6. The zero-order chi connectivity index (χ0) is 22.2. The van der Waals surface area contributed by atoms with Crippen molar-refractivity contribution < 1.29 is 18.3 Å². The Morgan fingerprint density at radius 2 is 2.06 bits per heavy atom. The van der Waals surface area contributed by atoms with Crippen molar-refractivity contribution in [3.8, 4) is 0 Å². The van der Waals surface area contributed by atoms with E-state index in [0.717, 1.165) is 36.9 Å². The molecule has 9 heteroatoms. The molecule has 0 bridgehead atoms. The molecule has 4 rings (SSSR count). The molecule has 2 aliphatic rings. The van der Waals surface area contributed by atoms with Gasteiger partial charge in [-0.3, -0.25) is 9.78 Å². The fraction of sp³-hybridized carbons (Fsp3) is 0.500. The van der Waals surface area contributed by atoms with E-state index in [-0.39, 0.29) is 23.9 Å². The van der Waals surface area contributed by atoms with Crippen molar-refractivity contribution in [1.29, 1.82) is 0 Å². The number of sulfonamides is 1. The van der Waals surface area contributed by atoms with Gasteiger partial charge >= 0.3 is 5.97 Å². The quantitative estimate of drug-likeness (QED) is 0.756. The number of rotatable bonds is 5. The van der Waals surface area contributed by atoms with E-state index < -0.39 is 16.0 Å². The van der Waals surface area contributed by atoms with E-state index in [4.69, 9.17) is 5.11 Å². The Morgan fingerprint density at radius 1 is 1.26 bits per heavy atom. The lowest BCUT2D eigenvalue weighted by atomic mass is 10.0. The zero-order valence-electron chi connectivity index (χ0n) is 17.9. The second-order valence-electron chi connectivity index (χ2n) is 8.43. The molecule has 166 valence electrons. The summed E-state index contributed by atoms with van der Waals surface area (Å²) in [6, 6.07) is 5.49. The number of aliphatic carboxylic acids is 1. The minimum absolute atomic E-state index is 0.00707. The van der Waals surface area contributed by atoms with Crippen molar-refractivity contribution >= 4 is 21.8 Å². The predicted molar refractivity (Wildman–Crippen MR) is 116 cm³/mol. The van der Waals surface area contributed by atoms with Crippen LogP contribution in [0.2, 0.25) is 0 Å². The summed E-state index contributed by atoms with van der Waals surface area (Å²) in [6.45, 7) is 5.10. The molecule has 2 aromatic heterocycles. The highest BCUT2D eigenvalue weighted by Crippen LogP contribution is 2.36. The molecule has 0 unspecified atom stereocenters. The maximum absolute atomic E-state index is 13.7. The Morgan fingerprint density at radius 3 is 2.84 bits per heavy atom. The van der Waals surface area contributed by atoms with Gasteiger partial charge < -0.3 is 10.0 Å². The van der Waals surface area contributed by atoms with Crippen molar-refractivity contribution in [1.82, 2.24) is 14.3 Å². The van der Waals surface area contributed by atoms with Crippen molar-refractivity contribution in [3.63, 3.8) is 0 Å². The van der Waals surface area contributed by atoms with Crippen LogP contribution in [0.25, 0.3) is 0 Å². The standard InChI is InChI=1S/C22H28N4O4S/c1-15-11-20-22(23-12-15)26-10-4-3-5-18(26)13-25(31(20,29)30)14-19-16(2)6-7-17(24-19)8-9-21(27)28/h6-7,11-12,18H,3-5,8-10,13-14H2,1-2H3,(H,27,28)/t18-/m0/s1. The summed E-state index contributed by atoms with van der Waals surface area (Å²) < 4.78 is 28.9. The largest absolute Gasteiger partial charge is 0.481 e. The van der Waals surface area contributed by atoms with Crippen LogP contribution in [0, 0.1) is 13.8 Å². The number of hydrogen-bond acceptors (Lipinski definition) is 6. The molecule has 8 nitrogen and oxygen atoms in total. The topological polar surface area (TPSA) is 104 Å². The van der Waals surface area contributed by atoms with Gasteiger partial charge in [0.05, 0.1) is 18.7 Å². The van der Waals surface area contributed by atoms with E-state index in [9.17, 15) is 13.2 Å². The highest BCUT2D eigenvalue weighted by molar-refractivity contribution is 7.89. The van der Waals surface area contributed by atoms with Gasteiger partial charge in [0.2, 0.25) is 10.0 Å². The molecule has 4 heterocycles. The Bertz CT molecular complexity index is 1100. The van der Waals surface area contributed by atoms with Gasteiger partial charge in [-0.1, -0.05) is 6.07 Å². The summed E-state index contributed by atoms with van der Waals surface area (Å²) in [4.78, 5) is 22.5. The summed E-state index contributed by atoms with van der Waals surface area (Å²) in [5.41, 5.74) is 3.02. The molecule has 1 saturated heterocycles. The Hall–Kier alpha value is -2.52. The summed E-state index contributed by atoms with van der Waals surface area (Å²) >= 11 is 0. The molecule has 0 amide bonds. The fourth-order valence-corrected chi connectivity index (χ4v) is 6.02. The lowest BCUT2D eigenvalue weighted by molar-refractivity contribution is -0.136. The molecular weight excluding hydrogens is 416 g/mol. The zero-order valence-corrected chi connectivity index (χ0v) is 18.7. The minimum atomic E-state index is -3.76. The smallest absolute Gasteiger partial charge is 0.303 e. The maximum atomic E-state index is 13.7. The van der Waals surface area contributed by atoms with Gasteiger partial charge in [-0.05, 0) is 56.4 Å².